The normalized spacial score (nSPS) is 19.9. The van der Waals surface area contributed by atoms with Gasteiger partial charge in [-0.2, -0.15) is 0 Å². The quantitative estimate of drug-likeness (QED) is 0.836. The van der Waals surface area contributed by atoms with E-state index in [2.05, 4.69) is 39.3 Å². The fourth-order valence-corrected chi connectivity index (χ4v) is 2.70. The summed E-state index contributed by atoms with van der Waals surface area (Å²) in [4.78, 5) is 11.6. The zero-order chi connectivity index (χ0) is 14.4. The molecule has 1 fully saturated rings. The van der Waals surface area contributed by atoms with Crippen molar-refractivity contribution in [2.75, 3.05) is 37.3 Å². The number of rotatable bonds is 6. The van der Waals surface area contributed by atoms with Gasteiger partial charge in [0.2, 0.25) is 0 Å². The summed E-state index contributed by atoms with van der Waals surface area (Å²) < 4.78 is 0. The second-order valence-corrected chi connectivity index (χ2v) is 5.43. The summed E-state index contributed by atoms with van der Waals surface area (Å²) in [5.74, 6) is 2.77. The minimum Gasteiger partial charge on any atom is -0.373 e. The largest absolute Gasteiger partial charge is 0.373 e. The first kappa shape index (κ1) is 15.0. The van der Waals surface area contributed by atoms with E-state index in [9.17, 15) is 0 Å². The van der Waals surface area contributed by atoms with Gasteiger partial charge in [-0.05, 0) is 32.4 Å². The summed E-state index contributed by atoms with van der Waals surface area (Å²) in [7, 11) is 1.90. The molecule has 0 radical (unpaired) electrons. The van der Waals surface area contributed by atoms with Crippen LogP contribution in [0.4, 0.5) is 11.6 Å². The topological polar surface area (TPSA) is 53.1 Å². The van der Waals surface area contributed by atoms with Crippen molar-refractivity contribution in [3.05, 3.63) is 11.9 Å². The van der Waals surface area contributed by atoms with Crippen molar-refractivity contribution in [3.8, 4) is 0 Å². The van der Waals surface area contributed by atoms with Crippen molar-refractivity contribution in [1.82, 2.24) is 14.9 Å². The third kappa shape index (κ3) is 4.07. The van der Waals surface area contributed by atoms with Gasteiger partial charge in [-0.25, -0.2) is 9.97 Å². The van der Waals surface area contributed by atoms with E-state index in [4.69, 9.17) is 0 Å². The van der Waals surface area contributed by atoms with Crippen molar-refractivity contribution < 1.29 is 0 Å². The molecule has 0 aliphatic carbocycles. The molecule has 0 amide bonds. The molecule has 2 rings (SSSR count). The second-order valence-electron chi connectivity index (χ2n) is 5.43. The molecule has 0 aromatic carbocycles. The maximum absolute atomic E-state index is 4.64. The molecule has 1 saturated heterocycles. The number of nitrogens with zero attached hydrogens (tertiary/aromatic N) is 3. The number of aryl methyl sites for hydroxylation is 1. The minimum absolute atomic E-state index is 0.498. The third-order valence-corrected chi connectivity index (χ3v) is 3.81. The van der Waals surface area contributed by atoms with Crippen molar-refractivity contribution in [2.45, 2.75) is 45.6 Å². The molecule has 1 aliphatic rings. The first-order valence-electron chi connectivity index (χ1n) is 7.79. The molecular formula is C15H27N5. The average Bonchev–Trinajstić information content (AvgIpc) is 2.47. The Labute approximate surface area is 122 Å². The molecule has 0 saturated carbocycles. The van der Waals surface area contributed by atoms with Gasteiger partial charge in [0, 0.05) is 32.1 Å². The van der Waals surface area contributed by atoms with Gasteiger partial charge in [0.05, 0.1) is 0 Å². The van der Waals surface area contributed by atoms with Crippen molar-refractivity contribution in [3.63, 3.8) is 0 Å². The van der Waals surface area contributed by atoms with Crippen LogP contribution in [0, 0.1) is 0 Å². The monoisotopic (exact) mass is 277 g/mol. The van der Waals surface area contributed by atoms with Crippen LogP contribution in [0.3, 0.4) is 0 Å². The standard InChI is InChI=1S/C15H27N5/c1-4-7-13-18-14(16-3)10-15(19-13)17-12-8-6-9-20(5-2)11-12/h10,12H,4-9,11H2,1-3H3,(H2,16,17,18,19). The predicted molar refractivity (Wildman–Crippen MR) is 84.3 cm³/mol. The molecule has 2 N–H and O–H groups in total. The number of aromatic nitrogens is 2. The maximum Gasteiger partial charge on any atom is 0.133 e. The van der Waals surface area contributed by atoms with Crippen molar-refractivity contribution >= 4 is 11.6 Å². The summed E-state index contributed by atoms with van der Waals surface area (Å²) in [6.07, 6.45) is 4.48. The van der Waals surface area contributed by atoms with Gasteiger partial charge in [-0.15, -0.1) is 0 Å². The molecule has 1 aromatic heterocycles. The number of hydrogen-bond acceptors (Lipinski definition) is 5. The fraction of sp³-hybridized carbons (Fsp3) is 0.733. The van der Waals surface area contributed by atoms with Crippen molar-refractivity contribution in [2.24, 2.45) is 0 Å². The molecular weight excluding hydrogens is 250 g/mol. The number of piperidine rings is 1. The Kier molecular flexibility index (Phi) is 5.59. The first-order chi connectivity index (χ1) is 9.75. The van der Waals surface area contributed by atoms with Gasteiger partial charge >= 0.3 is 0 Å². The lowest BCUT2D eigenvalue weighted by atomic mass is 10.1. The molecule has 1 aliphatic heterocycles. The Morgan fingerprint density at radius 3 is 2.80 bits per heavy atom. The molecule has 5 nitrogen and oxygen atoms in total. The number of anilines is 2. The molecule has 1 unspecified atom stereocenters. The van der Waals surface area contributed by atoms with Crippen LogP contribution < -0.4 is 10.6 Å². The molecule has 0 bridgehead atoms. The van der Waals surface area contributed by atoms with Gasteiger partial charge in [0.1, 0.15) is 17.5 Å². The molecule has 112 valence electrons. The predicted octanol–water partition coefficient (Wildman–Crippen LogP) is 2.37. The lowest BCUT2D eigenvalue weighted by Crippen LogP contribution is -2.42. The summed E-state index contributed by atoms with van der Waals surface area (Å²) in [5.41, 5.74) is 0. The Bertz CT molecular complexity index is 421. The molecule has 5 heteroatoms. The summed E-state index contributed by atoms with van der Waals surface area (Å²) >= 11 is 0. The van der Waals surface area contributed by atoms with E-state index in [-0.39, 0.29) is 0 Å². The number of hydrogen-bond donors (Lipinski definition) is 2. The summed E-state index contributed by atoms with van der Waals surface area (Å²) in [6.45, 7) is 7.85. The smallest absolute Gasteiger partial charge is 0.133 e. The average molecular weight is 277 g/mol. The highest BCUT2D eigenvalue weighted by molar-refractivity contribution is 5.47. The number of nitrogens with one attached hydrogen (secondary N) is 2. The molecule has 20 heavy (non-hydrogen) atoms. The number of likely N-dealkylation sites (tertiary alicyclic amines) is 1. The SMILES string of the molecule is CCCc1nc(NC)cc(NC2CCCN(CC)C2)n1. The van der Waals surface area contributed by atoms with E-state index >= 15 is 0 Å². The van der Waals surface area contributed by atoms with Crippen LogP contribution in [0.25, 0.3) is 0 Å². The lowest BCUT2D eigenvalue weighted by molar-refractivity contribution is 0.226. The van der Waals surface area contributed by atoms with Crippen LogP contribution >= 0.6 is 0 Å². The summed E-state index contributed by atoms with van der Waals surface area (Å²) in [6, 6.07) is 2.50. The number of likely N-dealkylation sites (N-methyl/N-ethyl adjacent to an activating group) is 1. The van der Waals surface area contributed by atoms with Crippen LogP contribution in [-0.2, 0) is 6.42 Å². The third-order valence-electron chi connectivity index (χ3n) is 3.81. The van der Waals surface area contributed by atoms with Crippen LogP contribution in [0.1, 0.15) is 38.9 Å². The van der Waals surface area contributed by atoms with E-state index in [1.807, 2.05) is 13.1 Å². The minimum atomic E-state index is 0.498. The Hall–Kier alpha value is -1.36. The Balaban J connectivity index is 2.05. The Morgan fingerprint density at radius 2 is 2.10 bits per heavy atom. The highest BCUT2D eigenvalue weighted by Gasteiger charge is 2.19. The summed E-state index contributed by atoms with van der Waals surface area (Å²) in [5, 5.41) is 6.71. The molecule has 0 spiro atoms. The molecule has 1 atom stereocenters. The van der Waals surface area contributed by atoms with Gasteiger partial charge in [-0.3, -0.25) is 0 Å². The van der Waals surface area contributed by atoms with Gasteiger partial charge < -0.3 is 15.5 Å². The zero-order valence-electron chi connectivity index (χ0n) is 12.9. The molecule has 2 heterocycles. The van der Waals surface area contributed by atoms with Crippen LogP contribution in [-0.4, -0.2) is 47.6 Å². The van der Waals surface area contributed by atoms with Gasteiger partial charge in [0.15, 0.2) is 0 Å². The van der Waals surface area contributed by atoms with E-state index in [1.165, 1.54) is 19.4 Å². The lowest BCUT2D eigenvalue weighted by Gasteiger charge is -2.32. The molecule has 1 aromatic rings. The van der Waals surface area contributed by atoms with E-state index in [1.54, 1.807) is 0 Å². The second kappa shape index (κ2) is 7.43. The highest BCUT2D eigenvalue weighted by Crippen LogP contribution is 2.17. The first-order valence-corrected chi connectivity index (χ1v) is 7.79. The van der Waals surface area contributed by atoms with E-state index in [0.717, 1.165) is 43.4 Å². The zero-order valence-corrected chi connectivity index (χ0v) is 12.9. The van der Waals surface area contributed by atoms with E-state index < -0.39 is 0 Å². The van der Waals surface area contributed by atoms with Crippen LogP contribution in [0.15, 0.2) is 6.07 Å². The van der Waals surface area contributed by atoms with Gasteiger partial charge in [0.25, 0.3) is 0 Å². The van der Waals surface area contributed by atoms with Crippen LogP contribution in [0.5, 0.6) is 0 Å². The highest BCUT2D eigenvalue weighted by atomic mass is 15.2. The fourth-order valence-electron chi connectivity index (χ4n) is 2.70. The van der Waals surface area contributed by atoms with Crippen LogP contribution in [0.2, 0.25) is 0 Å². The maximum atomic E-state index is 4.64. The Morgan fingerprint density at radius 1 is 1.30 bits per heavy atom. The van der Waals surface area contributed by atoms with E-state index in [0.29, 0.717) is 6.04 Å². The van der Waals surface area contributed by atoms with Crippen molar-refractivity contribution in [1.29, 1.82) is 0 Å². The van der Waals surface area contributed by atoms with Gasteiger partial charge in [-0.1, -0.05) is 13.8 Å².